The molecule has 20 heavy (non-hydrogen) atoms. The second-order valence-corrected chi connectivity index (χ2v) is 6.25. The number of sulfonamides is 1. The number of anilines is 1. The van der Waals surface area contributed by atoms with Gasteiger partial charge >= 0.3 is 0 Å². The number of hydrogen-bond donors (Lipinski definition) is 2. The average molecular weight is 308 g/mol. The molecule has 0 aliphatic carbocycles. The molecule has 5 nitrogen and oxygen atoms in total. The molecule has 0 saturated heterocycles. The molecule has 0 unspecified atom stereocenters. The first kappa shape index (κ1) is 13.0. The van der Waals surface area contributed by atoms with Gasteiger partial charge in [0.25, 0.3) is 10.0 Å². The number of H-pyrrole nitrogens is 1. The summed E-state index contributed by atoms with van der Waals surface area (Å²) in [6, 6.07) is 8.53. The van der Waals surface area contributed by atoms with Crippen molar-refractivity contribution in [1.82, 2.24) is 9.97 Å². The van der Waals surface area contributed by atoms with Gasteiger partial charge in [0.05, 0.1) is 5.02 Å². The fraction of sp³-hybridized carbons (Fsp3) is 0. The summed E-state index contributed by atoms with van der Waals surface area (Å²) in [6.07, 6.45) is 4.45. The standard InChI is InChI=1S/C13H10ClN3O2S/c14-11-4-5-15-8-13(11)20(18,19)17-10-1-2-12-9(7-10)3-6-16-12/h1-8,16-17H. The van der Waals surface area contributed by atoms with Crippen LogP contribution in [0.1, 0.15) is 0 Å². The molecule has 0 radical (unpaired) electrons. The molecule has 2 aromatic heterocycles. The highest BCUT2D eigenvalue weighted by molar-refractivity contribution is 7.92. The van der Waals surface area contributed by atoms with Gasteiger partial charge in [-0.25, -0.2) is 8.42 Å². The van der Waals surface area contributed by atoms with E-state index in [2.05, 4.69) is 14.7 Å². The largest absolute Gasteiger partial charge is 0.361 e. The summed E-state index contributed by atoms with van der Waals surface area (Å²) >= 11 is 5.89. The van der Waals surface area contributed by atoms with Crippen LogP contribution in [0.2, 0.25) is 5.02 Å². The van der Waals surface area contributed by atoms with E-state index in [4.69, 9.17) is 11.6 Å². The van der Waals surface area contributed by atoms with Gasteiger partial charge in [-0.05, 0) is 30.3 Å². The first-order chi connectivity index (χ1) is 9.56. The molecule has 0 amide bonds. The Morgan fingerprint density at radius 1 is 1.20 bits per heavy atom. The summed E-state index contributed by atoms with van der Waals surface area (Å²) in [5.41, 5.74) is 1.41. The lowest BCUT2D eigenvalue weighted by molar-refractivity contribution is 0.601. The maximum Gasteiger partial charge on any atom is 0.264 e. The summed E-state index contributed by atoms with van der Waals surface area (Å²) in [7, 11) is -3.75. The zero-order valence-electron chi connectivity index (χ0n) is 10.2. The average Bonchev–Trinajstić information content (AvgIpc) is 2.86. The SMILES string of the molecule is O=S(=O)(Nc1ccc2[nH]ccc2c1)c1cnccc1Cl. The number of nitrogens with zero attached hydrogens (tertiary/aromatic N) is 1. The smallest absolute Gasteiger partial charge is 0.264 e. The Balaban J connectivity index is 1.99. The molecule has 2 N–H and O–H groups in total. The van der Waals surface area contributed by atoms with E-state index >= 15 is 0 Å². The van der Waals surface area contributed by atoms with Gasteiger partial charge in [-0.2, -0.15) is 0 Å². The van der Waals surface area contributed by atoms with E-state index in [-0.39, 0.29) is 9.92 Å². The normalized spacial score (nSPS) is 11.7. The van der Waals surface area contributed by atoms with Crippen molar-refractivity contribution in [3.63, 3.8) is 0 Å². The zero-order valence-corrected chi connectivity index (χ0v) is 11.7. The second-order valence-electron chi connectivity index (χ2n) is 4.19. The van der Waals surface area contributed by atoms with E-state index in [0.717, 1.165) is 10.9 Å². The quantitative estimate of drug-likeness (QED) is 0.781. The molecule has 3 aromatic rings. The zero-order chi connectivity index (χ0) is 14.2. The van der Waals surface area contributed by atoms with E-state index in [1.54, 1.807) is 24.4 Å². The van der Waals surface area contributed by atoms with Crippen LogP contribution in [0.5, 0.6) is 0 Å². The van der Waals surface area contributed by atoms with Gasteiger partial charge in [0.15, 0.2) is 0 Å². The van der Waals surface area contributed by atoms with Crippen LogP contribution in [0, 0.1) is 0 Å². The number of rotatable bonds is 3. The van der Waals surface area contributed by atoms with Gasteiger partial charge in [-0.1, -0.05) is 11.6 Å². The maximum absolute atomic E-state index is 12.3. The Bertz CT molecular complexity index is 874. The molecule has 102 valence electrons. The van der Waals surface area contributed by atoms with Crippen molar-refractivity contribution in [2.24, 2.45) is 0 Å². The van der Waals surface area contributed by atoms with Crippen molar-refractivity contribution < 1.29 is 8.42 Å². The Kier molecular flexibility index (Phi) is 3.11. The molecule has 7 heteroatoms. The number of halogens is 1. The molecule has 0 bridgehead atoms. The highest BCUT2D eigenvalue weighted by Crippen LogP contribution is 2.24. The van der Waals surface area contributed by atoms with Crippen LogP contribution >= 0.6 is 11.6 Å². The van der Waals surface area contributed by atoms with Crippen LogP contribution in [0.25, 0.3) is 10.9 Å². The van der Waals surface area contributed by atoms with Crippen molar-refractivity contribution in [1.29, 1.82) is 0 Å². The van der Waals surface area contributed by atoms with Crippen molar-refractivity contribution in [2.45, 2.75) is 4.90 Å². The van der Waals surface area contributed by atoms with Gasteiger partial charge in [0, 0.05) is 35.2 Å². The molecule has 0 aliphatic heterocycles. The molecule has 0 spiro atoms. The first-order valence-electron chi connectivity index (χ1n) is 5.76. The van der Waals surface area contributed by atoms with E-state index in [9.17, 15) is 8.42 Å². The van der Waals surface area contributed by atoms with Crippen LogP contribution in [0.15, 0.2) is 53.8 Å². The van der Waals surface area contributed by atoms with Crippen molar-refractivity contribution in [2.75, 3.05) is 4.72 Å². The third kappa shape index (κ3) is 2.35. The Morgan fingerprint density at radius 3 is 2.85 bits per heavy atom. The Labute approximate surface area is 120 Å². The molecule has 3 rings (SSSR count). The lowest BCUT2D eigenvalue weighted by Crippen LogP contribution is -2.13. The first-order valence-corrected chi connectivity index (χ1v) is 7.62. The second kappa shape index (κ2) is 4.81. The van der Waals surface area contributed by atoms with Crippen molar-refractivity contribution in [3.05, 3.63) is 53.9 Å². The highest BCUT2D eigenvalue weighted by Gasteiger charge is 2.18. The molecular weight excluding hydrogens is 298 g/mol. The Hall–Kier alpha value is -2.05. The van der Waals surface area contributed by atoms with Gasteiger partial charge in [0.1, 0.15) is 4.90 Å². The highest BCUT2D eigenvalue weighted by atomic mass is 35.5. The predicted octanol–water partition coefficient (Wildman–Crippen LogP) is 3.02. The minimum Gasteiger partial charge on any atom is -0.361 e. The van der Waals surface area contributed by atoms with Gasteiger partial charge in [-0.3, -0.25) is 9.71 Å². The lowest BCUT2D eigenvalue weighted by atomic mass is 10.2. The summed E-state index contributed by atoms with van der Waals surface area (Å²) in [4.78, 5) is 6.78. The number of nitrogens with one attached hydrogen (secondary N) is 2. The summed E-state index contributed by atoms with van der Waals surface area (Å²) < 4.78 is 27.0. The van der Waals surface area contributed by atoms with Crippen LogP contribution in [-0.2, 0) is 10.0 Å². The number of pyridine rings is 1. The number of aromatic nitrogens is 2. The molecule has 0 fully saturated rings. The number of aromatic amines is 1. The maximum atomic E-state index is 12.3. The molecule has 0 atom stereocenters. The molecular formula is C13H10ClN3O2S. The topological polar surface area (TPSA) is 74.8 Å². The van der Waals surface area contributed by atoms with Crippen LogP contribution < -0.4 is 4.72 Å². The summed E-state index contributed by atoms with van der Waals surface area (Å²) in [5.74, 6) is 0. The Morgan fingerprint density at radius 2 is 2.05 bits per heavy atom. The monoisotopic (exact) mass is 307 g/mol. The molecule has 0 saturated carbocycles. The minimum atomic E-state index is -3.75. The fourth-order valence-electron chi connectivity index (χ4n) is 1.89. The fourth-order valence-corrected chi connectivity index (χ4v) is 3.37. The minimum absolute atomic E-state index is 0.0455. The van der Waals surface area contributed by atoms with E-state index in [1.807, 2.05) is 6.07 Å². The lowest BCUT2D eigenvalue weighted by Gasteiger charge is -2.09. The molecule has 1 aromatic carbocycles. The van der Waals surface area contributed by atoms with Gasteiger partial charge in [0.2, 0.25) is 0 Å². The molecule has 2 heterocycles. The van der Waals surface area contributed by atoms with Crippen molar-refractivity contribution in [3.8, 4) is 0 Å². The van der Waals surface area contributed by atoms with Gasteiger partial charge < -0.3 is 4.98 Å². The predicted molar refractivity (Wildman–Crippen MR) is 78.4 cm³/mol. The molecule has 0 aliphatic rings. The van der Waals surface area contributed by atoms with Crippen LogP contribution in [0.3, 0.4) is 0 Å². The number of benzene rings is 1. The van der Waals surface area contributed by atoms with Crippen LogP contribution in [-0.4, -0.2) is 18.4 Å². The van der Waals surface area contributed by atoms with E-state index in [0.29, 0.717) is 5.69 Å². The third-order valence-electron chi connectivity index (χ3n) is 2.83. The van der Waals surface area contributed by atoms with Gasteiger partial charge in [-0.15, -0.1) is 0 Å². The number of hydrogen-bond acceptors (Lipinski definition) is 3. The van der Waals surface area contributed by atoms with E-state index in [1.165, 1.54) is 18.5 Å². The van der Waals surface area contributed by atoms with Crippen LogP contribution in [0.4, 0.5) is 5.69 Å². The third-order valence-corrected chi connectivity index (χ3v) is 4.68. The van der Waals surface area contributed by atoms with Crippen molar-refractivity contribution >= 4 is 38.2 Å². The summed E-state index contributed by atoms with van der Waals surface area (Å²) in [6.45, 7) is 0. The number of fused-ring (bicyclic) bond motifs is 1. The van der Waals surface area contributed by atoms with E-state index < -0.39 is 10.0 Å². The summed E-state index contributed by atoms with van der Waals surface area (Å²) in [5, 5.41) is 1.05.